The highest BCUT2D eigenvalue weighted by molar-refractivity contribution is 7.86. The van der Waals surface area contributed by atoms with Crippen molar-refractivity contribution in [1.29, 1.82) is 0 Å². The van der Waals surface area contributed by atoms with Crippen LogP contribution in [0.15, 0.2) is 12.2 Å². The minimum absolute atomic E-state index is 0.0496. The van der Waals surface area contributed by atoms with Crippen molar-refractivity contribution in [2.75, 3.05) is 25.9 Å². The van der Waals surface area contributed by atoms with Crippen molar-refractivity contribution in [3.63, 3.8) is 0 Å². The van der Waals surface area contributed by atoms with Crippen LogP contribution in [0, 0.1) is 0 Å². The molecule has 0 saturated carbocycles. The average Bonchev–Trinajstić information content (AvgIpc) is 2.27. The molecule has 0 saturated heterocycles. The molecule has 0 aromatic heterocycles. The lowest BCUT2D eigenvalue weighted by atomic mass is 10.3. The predicted molar refractivity (Wildman–Crippen MR) is 70.2 cm³/mol. The highest BCUT2D eigenvalue weighted by Gasteiger charge is 2.11. The molecule has 0 aromatic carbocycles. The van der Waals surface area contributed by atoms with Crippen LogP contribution in [-0.4, -0.2) is 45.3 Å². The van der Waals surface area contributed by atoms with Gasteiger partial charge >= 0.3 is 0 Å². The number of nitrogens with one attached hydrogen (secondary N) is 1. The molecule has 0 aliphatic heterocycles. The maximum atomic E-state index is 11.1. The number of hydroxylamine groups is 2. The van der Waals surface area contributed by atoms with E-state index in [1.165, 1.54) is 12.0 Å². The number of amides is 1. The zero-order valence-electron chi connectivity index (χ0n) is 11.2. The first-order valence-electron chi connectivity index (χ1n) is 5.85. The fourth-order valence-electron chi connectivity index (χ4n) is 1.10. The second kappa shape index (κ2) is 8.23. The van der Waals surface area contributed by atoms with E-state index in [0.717, 1.165) is 12.8 Å². The topological polar surface area (TPSA) is 75.7 Å². The molecule has 0 unspecified atom stereocenters. The molecule has 1 N–H and O–H groups in total. The summed E-state index contributed by atoms with van der Waals surface area (Å²) in [6, 6.07) is 0. The van der Waals surface area contributed by atoms with Crippen molar-refractivity contribution < 1.29 is 17.5 Å². The van der Waals surface area contributed by atoms with Gasteiger partial charge in [0.05, 0.1) is 5.75 Å². The van der Waals surface area contributed by atoms with Crippen molar-refractivity contribution in [3.8, 4) is 0 Å². The third-order valence-electron chi connectivity index (χ3n) is 2.17. The zero-order valence-corrected chi connectivity index (χ0v) is 12.0. The molecule has 7 heteroatoms. The molecule has 18 heavy (non-hydrogen) atoms. The Kier molecular flexibility index (Phi) is 7.81. The largest absolute Gasteiger partial charge is 0.352 e. The van der Waals surface area contributed by atoms with Gasteiger partial charge in [0, 0.05) is 25.7 Å². The maximum absolute atomic E-state index is 11.1. The first kappa shape index (κ1) is 17.1. The van der Waals surface area contributed by atoms with Crippen molar-refractivity contribution >= 4 is 16.0 Å². The second-order valence-electron chi connectivity index (χ2n) is 4.02. The van der Waals surface area contributed by atoms with E-state index in [4.69, 9.17) is 4.28 Å². The fraction of sp³-hybridized carbons (Fsp3) is 0.727. The SMILES string of the molecule is C=C(C)C(=O)NCCCCN(C)OS(=O)(=O)CC. The smallest absolute Gasteiger partial charge is 0.283 e. The quantitative estimate of drug-likeness (QED) is 0.381. The van der Waals surface area contributed by atoms with Gasteiger partial charge in [-0.15, -0.1) is 0 Å². The zero-order chi connectivity index (χ0) is 14.2. The van der Waals surface area contributed by atoms with Crippen LogP contribution in [-0.2, 0) is 19.2 Å². The van der Waals surface area contributed by atoms with E-state index in [1.807, 2.05) is 0 Å². The van der Waals surface area contributed by atoms with Gasteiger partial charge in [0.2, 0.25) is 5.91 Å². The Morgan fingerprint density at radius 2 is 2.00 bits per heavy atom. The number of unbranched alkanes of at least 4 members (excludes halogenated alkanes) is 1. The van der Waals surface area contributed by atoms with E-state index in [1.54, 1.807) is 14.0 Å². The number of carbonyl (C=O) groups is 1. The molecule has 106 valence electrons. The Labute approximate surface area is 109 Å². The number of rotatable bonds is 9. The van der Waals surface area contributed by atoms with Gasteiger partial charge in [-0.05, 0) is 26.7 Å². The summed E-state index contributed by atoms with van der Waals surface area (Å²) in [5, 5.41) is 3.99. The third kappa shape index (κ3) is 8.21. The lowest BCUT2D eigenvalue weighted by Gasteiger charge is -2.15. The highest BCUT2D eigenvalue weighted by atomic mass is 32.2. The number of hydrogen-bond donors (Lipinski definition) is 1. The monoisotopic (exact) mass is 278 g/mol. The van der Waals surface area contributed by atoms with E-state index in [2.05, 4.69) is 11.9 Å². The van der Waals surface area contributed by atoms with Crippen LogP contribution in [0.25, 0.3) is 0 Å². The highest BCUT2D eigenvalue weighted by Crippen LogP contribution is 1.99. The number of carbonyl (C=O) groups excluding carboxylic acids is 1. The molecule has 0 bridgehead atoms. The fourth-order valence-corrected chi connectivity index (χ4v) is 1.66. The van der Waals surface area contributed by atoms with E-state index in [0.29, 0.717) is 18.7 Å². The van der Waals surface area contributed by atoms with Crippen LogP contribution in [0.4, 0.5) is 0 Å². The van der Waals surface area contributed by atoms with E-state index in [-0.39, 0.29) is 11.7 Å². The Balaban J connectivity index is 3.67. The molecule has 0 rings (SSSR count). The number of nitrogens with zero attached hydrogens (tertiary/aromatic N) is 1. The molecule has 0 spiro atoms. The van der Waals surface area contributed by atoms with Gasteiger partial charge in [-0.3, -0.25) is 4.79 Å². The Hall–Kier alpha value is -0.920. The summed E-state index contributed by atoms with van der Waals surface area (Å²) in [4.78, 5) is 11.1. The van der Waals surface area contributed by atoms with Gasteiger partial charge < -0.3 is 5.32 Å². The lowest BCUT2D eigenvalue weighted by Crippen LogP contribution is -2.27. The molecule has 0 radical (unpaired) electrons. The average molecular weight is 278 g/mol. The Bertz CT molecular complexity index is 379. The molecule has 0 fully saturated rings. The minimum atomic E-state index is -3.44. The molecule has 6 nitrogen and oxygen atoms in total. The van der Waals surface area contributed by atoms with E-state index >= 15 is 0 Å². The lowest BCUT2D eigenvalue weighted by molar-refractivity contribution is -0.117. The molecule has 1 amide bonds. The summed E-state index contributed by atoms with van der Waals surface area (Å²) in [5.74, 6) is -0.209. The first-order valence-corrected chi connectivity index (χ1v) is 7.43. The summed E-state index contributed by atoms with van der Waals surface area (Å²) in [5.41, 5.74) is 0.476. The van der Waals surface area contributed by atoms with E-state index < -0.39 is 10.1 Å². The Morgan fingerprint density at radius 3 is 2.50 bits per heavy atom. The van der Waals surface area contributed by atoms with Crippen LogP contribution >= 0.6 is 0 Å². The standard InChI is InChI=1S/C11H22N2O4S/c1-5-18(15,16)17-13(4)9-7-6-8-12-11(14)10(2)3/h2,5-9H2,1,3-4H3,(H,12,14). The van der Waals surface area contributed by atoms with Gasteiger partial charge in [-0.25, -0.2) is 0 Å². The maximum Gasteiger partial charge on any atom is 0.283 e. The van der Waals surface area contributed by atoms with Crippen LogP contribution in [0.3, 0.4) is 0 Å². The van der Waals surface area contributed by atoms with Crippen LogP contribution in [0.1, 0.15) is 26.7 Å². The molecular weight excluding hydrogens is 256 g/mol. The number of hydrogen-bond acceptors (Lipinski definition) is 5. The van der Waals surface area contributed by atoms with Gasteiger partial charge in [-0.2, -0.15) is 17.8 Å². The van der Waals surface area contributed by atoms with Gasteiger partial charge in [0.1, 0.15) is 0 Å². The van der Waals surface area contributed by atoms with Crippen molar-refractivity contribution in [3.05, 3.63) is 12.2 Å². The summed E-state index contributed by atoms with van der Waals surface area (Å²) >= 11 is 0. The van der Waals surface area contributed by atoms with E-state index in [9.17, 15) is 13.2 Å². The molecule has 0 aromatic rings. The van der Waals surface area contributed by atoms with Gasteiger partial charge in [0.15, 0.2) is 0 Å². The second-order valence-corrected chi connectivity index (χ2v) is 5.86. The van der Waals surface area contributed by atoms with Crippen molar-refractivity contribution in [2.45, 2.75) is 26.7 Å². The molecule has 0 aliphatic rings. The molecule has 0 aliphatic carbocycles. The van der Waals surface area contributed by atoms with Crippen molar-refractivity contribution in [2.24, 2.45) is 0 Å². The van der Waals surface area contributed by atoms with Gasteiger partial charge in [0.25, 0.3) is 10.1 Å². The summed E-state index contributed by atoms with van der Waals surface area (Å²) in [6.45, 7) is 7.72. The Morgan fingerprint density at radius 1 is 1.39 bits per heavy atom. The van der Waals surface area contributed by atoms with Crippen molar-refractivity contribution in [1.82, 2.24) is 10.4 Å². The minimum Gasteiger partial charge on any atom is -0.352 e. The normalized spacial score (nSPS) is 11.6. The molecule has 0 heterocycles. The first-order chi connectivity index (χ1) is 8.28. The predicted octanol–water partition coefficient (Wildman–Crippen LogP) is 0.672. The van der Waals surface area contributed by atoms with Crippen LogP contribution < -0.4 is 5.32 Å². The molecular formula is C11H22N2O4S. The summed E-state index contributed by atoms with van der Waals surface area (Å²) in [7, 11) is -1.87. The summed E-state index contributed by atoms with van der Waals surface area (Å²) in [6.07, 6.45) is 1.48. The third-order valence-corrected chi connectivity index (χ3v) is 3.36. The van der Waals surface area contributed by atoms with Gasteiger partial charge in [-0.1, -0.05) is 6.58 Å². The van der Waals surface area contributed by atoms with Crippen LogP contribution in [0.5, 0.6) is 0 Å². The summed E-state index contributed by atoms with van der Waals surface area (Å²) < 4.78 is 27.0. The molecule has 0 atom stereocenters. The van der Waals surface area contributed by atoms with Crippen LogP contribution in [0.2, 0.25) is 0 Å².